The molecular formula is C4H9O3PS. The van der Waals surface area contributed by atoms with Gasteiger partial charge < -0.3 is 9.79 Å². The van der Waals surface area contributed by atoms with Crippen LogP contribution in [0.5, 0.6) is 0 Å². The Morgan fingerprint density at radius 1 is 1.56 bits per heavy atom. The second-order valence-corrected chi connectivity index (χ2v) is 5.16. The molecule has 1 heterocycles. The Morgan fingerprint density at radius 2 is 2.22 bits per heavy atom. The minimum Gasteiger partial charge on any atom is -0.324 e. The van der Waals surface area contributed by atoms with Crippen molar-refractivity contribution in [3.8, 4) is 0 Å². The van der Waals surface area contributed by atoms with Gasteiger partial charge in [-0.15, -0.1) is 0 Å². The molecule has 5 heteroatoms. The fraction of sp³-hybridized carbons (Fsp3) is 1.00. The van der Waals surface area contributed by atoms with Gasteiger partial charge in [0, 0.05) is 5.75 Å². The van der Waals surface area contributed by atoms with E-state index in [0.717, 1.165) is 5.75 Å². The van der Waals surface area contributed by atoms with E-state index in [2.05, 4.69) is 0 Å². The maximum Gasteiger partial charge on any atom is 0.329 e. The van der Waals surface area contributed by atoms with E-state index >= 15 is 0 Å². The van der Waals surface area contributed by atoms with Gasteiger partial charge in [-0.25, -0.2) is 0 Å². The molecule has 0 aliphatic carbocycles. The lowest BCUT2D eigenvalue weighted by atomic mass is 10.4. The van der Waals surface area contributed by atoms with Crippen molar-refractivity contribution in [1.29, 1.82) is 0 Å². The van der Waals surface area contributed by atoms with Crippen molar-refractivity contribution < 1.29 is 14.4 Å². The Balaban J connectivity index is 2.52. The predicted molar refractivity (Wildman–Crippen MR) is 37.8 cm³/mol. The number of rotatable bonds is 1. The lowest BCUT2D eigenvalue weighted by molar-refractivity contribution is 0.361. The molecular weight excluding hydrogens is 159 g/mol. The largest absolute Gasteiger partial charge is 0.329 e. The highest BCUT2D eigenvalue weighted by Gasteiger charge is 2.31. The third kappa shape index (κ3) is 1.97. The molecule has 1 aliphatic rings. The van der Waals surface area contributed by atoms with E-state index in [-0.39, 0.29) is 5.66 Å². The normalized spacial score (nSPS) is 28.9. The van der Waals surface area contributed by atoms with E-state index < -0.39 is 7.60 Å². The van der Waals surface area contributed by atoms with E-state index in [1.54, 1.807) is 11.8 Å². The standard InChI is InChI=1S/C4H9O3PS/c5-8(6,7)4-1-2-9-3-4/h4H,1-3H2,(H2,5,6,7). The smallest absolute Gasteiger partial charge is 0.324 e. The van der Waals surface area contributed by atoms with E-state index in [1.807, 2.05) is 0 Å². The van der Waals surface area contributed by atoms with Gasteiger partial charge >= 0.3 is 7.60 Å². The van der Waals surface area contributed by atoms with Crippen molar-refractivity contribution in [3.05, 3.63) is 0 Å². The van der Waals surface area contributed by atoms with Gasteiger partial charge in [0.05, 0.1) is 5.66 Å². The molecule has 0 saturated carbocycles. The molecule has 0 aromatic heterocycles. The maximum atomic E-state index is 10.5. The number of hydrogen-bond donors (Lipinski definition) is 2. The van der Waals surface area contributed by atoms with Crippen molar-refractivity contribution in [2.75, 3.05) is 11.5 Å². The summed E-state index contributed by atoms with van der Waals surface area (Å²) in [5.41, 5.74) is -0.359. The first-order chi connectivity index (χ1) is 4.11. The zero-order valence-electron chi connectivity index (χ0n) is 4.86. The molecule has 0 radical (unpaired) electrons. The minimum atomic E-state index is -3.73. The first-order valence-electron chi connectivity index (χ1n) is 2.73. The minimum absolute atomic E-state index is 0.359. The van der Waals surface area contributed by atoms with Crippen LogP contribution < -0.4 is 0 Å². The summed E-state index contributed by atoms with van der Waals surface area (Å²) < 4.78 is 10.5. The summed E-state index contributed by atoms with van der Waals surface area (Å²) in [5, 5.41) is 0. The fourth-order valence-corrected chi connectivity index (χ4v) is 3.58. The van der Waals surface area contributed by atoms with E-state index in [1.165, 1.54) is 0 Å². The summed E-state index contributed by atoms with van der Waals surface area (Å²) >= 11 is 1.62. The highest BCUT2D eigenvalue weighted by Crippen LogP contribution is 2.47. The first kappa shape index (κ1) is 7.61. The zero-order valence-corrected chi connectivity index (χ0v) is 6.57. The van der Waals surface area contributed by atoms with Crippen LogP contribution in [-0.4, -0.2) is 27.0 Å². The summed E-state index contributed by atoms with van der Waals surface area (Å²) in [6.45, 7) is 0. The Bertz CT molecular complexity index is 137. The van der Waals surface area contributed by atoms with E-state index in [0.29, 0.717) is 12.2 Å². The number of hydrogen-bond acceptors (Lipinski definition) is 2. The van der Waals surface area contributed by atoms with Crippen LogP contribution in [0.3, 0.4) is 0 Å². The van der Waals surface area contributed by atoms with Crippen LogP contribution in [0.25, 0.3) is 0 Å². The van der Waals surface area contributed by atoms with Gasteiger partial charge in [0.1, 0.15) is 0 Å². The molecule has 1 atom stereocenters. The van der Waals surface area contributed by atoms with Gasteiger partial charge in [0.2, 0.25) is 0 Å². The summed E-state index contributed by atoms with van der Waals surface area (Å²) in [6.07, 6.45) is 0.676. The summed E-state index contributed by atoms with van der Waals surface area (Å²) in [6, 6.07) is 0. The molecule has 0 spiro atoms. The Kier molecular flexibility index (Phi) is 2.22. The van der Waals surface area contributed by atoms with Crippen LogP contribution in [0.4, 0.5) is 0 Å². The predicted octanol–water partition coefficient (Wildman–Crippen LogP) is 0.670. The van der Waals surface area contributed by atoms with Crippen LogP contribution in [0.1, 0.15) is 6.42 Å². The Hall–Kier alpha value is 0.500. The molecule has 1 aliphatic heterocycles. The zero-order chi connectivity index (χ0) is 6.91. The van der Waals surface area contributed by atoms with Crippen molar-refractivity contribution >= 4 is 19.4 Å². The fourth-order valence-electron chi connectivity index (χ4n) is 0.787. The quantitative estimate of drug-likeness (QED) is 0.565. The van der Waals surface area contributed by atoms with Gasteiger partial charge in [-0.05, 0) is 12.2 Å². The van der Waals surface area contributed by atoms with Gasteiger partial charge in [0.25, 0.3) is 0 Å². The summed E-state index contributed by atoms with van der Waals surface area (Å²) in [7, 11) is -3.73. The van der Waals surface area contributed by atoms with E-state index in [4.69, 9.17) is 9.79 Å². The van der Waals surface area contributed by atoms with Crippen molar-refractivity contribution in [1.82, 2.24) is 0 Å². The average molecular weight is 168 g/mol. The molecule has 2 N–H and O–H groups in total. The summed E-state index contributed by atoms with van der Waals surface area (Å²) in [4.78, 5) is 17.2. The molecule has 1 rings (SSSR count). The van der Waals surface area contributed by atoms with Crippen LogP contribution >= 0.6 is 19.4 Å². The molecule has 3 nitrogen and oxygen atoms in total. The summed E-state index contributed by atoms with van der Waals surface area (Å²) in [5.74, 6) is 1.53. The maximum absolute atomic E-state index is 10.5. The molecule has 0 bridgehead atoms. The third-order valence-electron chi connectivity index (χ3n) is 1.38. The molecule has 0 amide bonds. The van der Waals surface area contributed by atoms with Gasteiger partial charge in [-0.1, -0.05) is 0 Å². The molecule has 1 fully saturated rings. The van der Waals surface area contributed by atoms with Crippen molar-refractivity contribution in [2.45, 2.75) is 12.1 Å². The highest BCUT2D eigenvalue weighted by atomic mass is 32.2. The lowest BCUT2D eigenvalue weighted by Crippen LogP contribution is -2.05. The SMILES string of the molecule is O=P(O)(O)C1CCSC1. The van der Waals surface area contributed by atoms with E-state index in [9.17, 15) is 4.57 Å². The van der Waals surface area contributed by atoms with Crippen molar-refractivity contribution in [2.24, 2.45) is 0 Å². The molecule has 1 saturated heterocycles. The Morgan fingerprint density at radius 3 is 2.44 bits per heavy atom. The van der Waals surface area contributed by atoms with Crippen LogP contribution in [0.15, 0.2) is 0 Å². The molecule has 1 unspecified atom stereocenters. The monoisotopic (exact) mass is 168 g/mol. The second kappa shape index (κ2) is 2.62. The molecule has 0 aromatic carbocycles. The van der Waals surface area contributed by atoms with Crippen LogP contribution in [0, 0.1) is 0 Å². The average Bonchev–Trinajstić information content (AvgIpc) is 2.08. The molecule has 54 valence electrons. The Labute approximate surface area is 58.0 Å². The van der Waals surface area contributed by atoms with Crippen molar-refractivity contribution in [3.63, 3.8) is 0 Å². The second-order valence-electron chi connectivity index (χ2n) is 2.11. The third-order valence-corrected chi connectivity index (χ3v) is 4.18. The van der Waals surface area contributed by atoms with Crippen LogP contribution in [0.2, 0.25) is 0 Å². The van der Waals surface area contributed by atoms with Gasteiger partial charge in [-0.3, -0.25) is 4.57 Å². The van der Waals surface area contributed by atoms with Gasteiger partial charge in [0.15, 0.2) is 0 Å². The highest BCUT2D eigenvalue weighted by molar-refractivity contribution is 7.99. The first-order valence-corrected chi connectivity index (χ1v) is 5.57. The topological polar surface area (TPSA) is 57.5 Å². The lowest BCUT2D eigenvalue weighted by Gasteiger charge is -2.08. The van der Waals surface area contributed by atoms with Gasteiger partial charge in [-0.2, -0.15) is 11.8 Å². The van der Waals surface area contributed by atoms with Crippen LogP contribution in [-0.2, 0) is 4.57 Å². The molecule has 9 heavy (non-hydrogen) atoms. The number of thioether (sulfide) groups is 1. The molecule has 0 aromatic rings.